The number of hydrogen-bond donors (Lipinski definition) is 2. The Labute approximate surface area is 126 Å². The number of rotatable bonds is 5. The first-order valence-electron chi connectivity index (χ1n) is 6.05. The summed E-state index contributed by atoms with van der Waals surface area (Å²) in [7, 11) is -3.68. The monoisotopic (exact) mass is 326 g/mol. The van der Waals surface area contributed by atoms with Crippen LogP contribution < -0.4 is 4.72 Å². The number of sulfonamides is 1. The number of aromatic nitrogens is 1. The van der Waals surface area contributed by atoms with Crippen LogP contribution in [0.3, 0.4) is 0 Å². The van der Waals surface area contributed by atoms with Crippen LogP contribution in [0.1, 0.15) is 25.9 Å². The number of nitrogens with zero attached hydrogens (tertiary/aromatic N) is 1. The van der Waals surface area contributed by atoms with E-state index >= 15 is 0 Å². The van der Waals surface area contributed by atoms with Crippen LogP contribution >= 0.6 is 11.3 Å². The summed E-state index contributed by atoms with van der Waals surface area (Å²) in [6, 6.07) is 5.05. The molecule has 0 atom stereocenters. The maximum Gasteiger partial charge on any atom is 0.335 e. The second-order valence-corrected chi connectivity index (χ2v) is 7.46. The first-order valence-corrected chi connectivity index (χ1v) is 8.35. The molecule has 0 aliphatic rings. The van der Waals surface area contributed by atoms with Crippen LogP contribution in [-0.4, -0.2) is 24.5 Å². The zero-order valence-electron chi connectivity index (χ0n) is 11.5. The maximum absolute atomic E-state index is 12.1. The summed E-state index contributed by atoms with van der Waals surface area (Å²) >= 11 is 1.44. The molecule has 0 unspecified atom stereocenters. The van der Waals surface area contributed by atoms with Crippen LogP contribution in [0.25, 0.3) is 0 Å². The van der Waals surface area contributed by atoms with E-state index in [9.17, 15) is 13.2 Å². The zero-order chi connectivity index (χ0) is 15.6. The van der Waals surface area contributed by atoms with Gasteiger partial charge in [0, 0.05) is 4.88 Å². The van der Waals surface area contributed by atoms with Gasteiger partial charge in [0.25, 0.3) is 0 Å². The van der Waals surface area contributed by atoms with E-state index in [2.05, 4.69) is 9.71 Å². The molecule has 6 nitrogen and oxygen atoms in total. The Morgan fingerprint density at radius 2 is 1.90 bits per heavy atom. The van der Waals surface area contributed by atoms with E-state index < -0.39 is 16.0 Å². The number of thiazole rings is 1. The summed E-state index contributed by atoms with van der Waals surface area (Å²) in [6.07, 6.45) is 0. The Morgan fingerprint density at radius 3 is 2.38 bits per heavy atom. The van der Waals surface area contributed by atoms with Gasteiger partial charge < -0.3 is 5.11 Å². The van der Waals surface area contributed by atoms with E-state index in [0.29, 0.717) is 5.01 Å². The molecule has 0 saturated carbocycles. The lowest BCUT2D eigenvalue weighted by atomic mass is 10.2. The Bertz CT molecular complexity index is 744. The molecule has 0 spiro atoms. The molecule has 2 N–H and O–H groups in total. The van der Waals surface area contributed by atoms with Crippen molar-refractivity contribution in [1.82, 2.24) is 9.71 Å². The van der Waals surface area contributed by atoms with E-state index in [1.165, 1.54) is 35.6 Å². The highest BCUT2D eigenvalue weighted by Crippen LogP contribution is 2.17. The molecule has 0 bridgehead atoms. The van der Waals surface area contributed by atoms with Crippen molar-refractivity contribution in [3.8, 4) is 0 Å². The molecule has 0 aliphatic heterocycles. The first-order chi connectivity index (χ1) is 9.79. The molecule has 21 heavy (non-hydrogen) atoms. The number of nitrogens with one attached hydrogen (secondary N) is 1. The fourth-order valence-corrected chi connectivity index (χ4v) is 3.58. The quantitative estimate of drug-likeness (QED) is 0.875. The summed E-state index contributed by atoms with van der Waals surface area (Å²) < 4.78 is 26.6. The third-order valence-electron chi connectivity index (χ3n) is 2.90. The number of carbonyl (C=O) groups is 1. The van der Waals surface area contributed by atoms with Crippen LogP contribution in [0.5, 0.6) is 0 Å². The van der Waals surface area contributed by atoms with Crippen LogP contribution in [0.15, 0.2) is 29.2 Å². The van der Waals surface area contributed by atoms with Gasteiger partial charge in [-0.2, -0.15) is 0 Å². The minimum absolute atomic E-state index is 0.0255. The summed E-state index contributed by atoms with van der Waals surface area (Å²) in [5.74, 6) is -1.10. The summed E-state index contributed by atoms with van der Waals surface area (Å²) in [5.41, 5.74) is 0.931. The predicted octanol–water partition coefficient (Wildman–Crippen LogP) is 1.94. The molecule has 8 heteroatoms. The van der Waals surface area contributed by atoms with Gasteiger partial charge >= 0.3 is 5.97 Å². The molecular formula is C13H14N2O4S2. The van der Waals surface area contributed by atoms with E-state index in [1.807, 2.05) is 13.8 Å². The number of aromatic carboxylic acids is 1. The summed E-state index contributed by atoms with van der Waals surface area (Å²) in [4.78, 5) is 16.1. The molecule has 0 fully saturated rings. The number of hydrogen-bond acceptors (Lipinski definition) is 5. The minimum Gasteiger partial charge on any atom is -0.478 e. The largest absolute Gasteiger partial charge is 0.478 e. The average Bonchev–Trinajstić information content (AvgIpc) is 2.76. The summed E-state index contributed by atoms with van der Waals surface area (Å²) in [6.45, 7) is 3.91. The van der Waals surface area contributed by atoms with Crippen LogP contribution in [0.2, 0.25) is 0 Å². The molecule has 0 radical (unpaired) electrons. The van der Waals surface area contributed by atoms with Gasteiger partial charge in [-0.3, -0.25) is 0 Å². The molecule has 1 aromatic carbocycles. The van der Waals surface area contributed by atoms with Crippen molar-refractivity contribution < 1.29 is 18.3 Å². The van der Waals surface area contributed by atoms with Gasteiger partial charge in [0.15, 0.2) is 0 Å². The number of carboxylic acids is 1. The van der Waals surface area contributed by atoms with Crippen LogP contribution in [-0.2, 0) is 16.6 Å². The highest BCUT2D eigenvalue weighted by atomic mass is 32.2. The Kier molecular flexibility index (Phi) is 4.40. The highest BCUT2D eigenvalue weighted by molar-refractivity contribution is 7.89. The Morgan fingerprint density at radius 1 is 1.29 bits per heavy atom. The van der Waals surface area contributed by atoms with E-state index in [4.69, 9.17) is 5.11 Å². The second kappa shape index (κ2) is 5.92. The average molecular weight is 326 g/mol. The lowest BCUT2D eigenvalue weighted by molar-refractivity contribution is 0.0696. The third kappa shape index (κ3) is 3.66. The first kappa shape index (κ1) is 15.6. The van der Waals surface area contributed by atoms with Gasteiger partial charge in [-0.25, -0.2) is 22.9 Å². The van der Waals surface area contributed by atoms with Gasteiger partial charge in [0.2, 0.25) is 10.0 Å². The fourth-order valence-electron chi connectivity index (χ4n) is 1.63. The standard InChI is InChI=1S/C13H14N2O4S2/c1-8-9(2)20-12(15-8)7-14-21(18,19)11-5-3-10(4-6-11)13(16)17/h3-6,14H,7H2,1-2H3,(H,16,17). The summed E-state index contributed by atoms with van der Waals surface area (Å²) in [5, 5.41) is 9.48. The van der Waals surface area contributed by atoms with Crippen molar-refractivity contribution in [2.24, 2.45) is 0 Å². The number of carboxylic acid groups (broad SMARTS) is 1. The molecule has 0 saturated heterocycles. The van der Waals surface area contributed by atoms with Crippen LogP contribution in [0, 0.1) is 13.8 Å². The van der Waals surface area contributed by atoms with Crippen molar-refractivity contribution in [3.05, 3.63) is 45.4 Å². The molecule has 1 aromatic heterocycles. The second-order valence-electron chi connectivity index (χ2n) is 4.40. The Hall–Kier alpha value is -1.77. The maximum atomic E-state index is 12.1. The molecule has 112 valence electrons. The van der Waals surface area contributed by atoms with E-state index in [1.54, 1.807) is 0 Å². The van der Waals surface area contributed by atoms with Gasteiger partial charge in [0.05, 0.1) is 22.7 Å². The van der Waals surface area contributed by atoms with Crippen LogP contribution in [0.4, 0.5) is 0 Å². The number of benzene rings is 1. The zero-order valence-corrected chi connectivity index (χ0v) is 13.1. The molecule has 1 heterocycles. The Balaban J connectivity index is 2.12. The predicted molar refractivity (Wildman–Crippen MR) is 79.0 cm³/mol. The third-order valence-corrected chi connectivity index (χ3v) is 5.39. The minimum atomic E-state index is -3.68. The molecule has 2 aromatic rings. The molecular weight excluding hydrogens is 312 g/mol. The lowest BCUT2D eigenvalue weighted by Gasteiger charge is -2.05. The van der Waals surface area contributed by atoms with Crippen molar-refractivity contribution in [2.45, 2.75) is 25.3 Å². The molecule has 0 aliphatic carbocycles. The van der Waals surface area contributed by atoms with Crippen molar-refractivity contribution >= 4 is 27.3 Å². The number of aryl methyl sites for hydroxylation is 2. The molecule has 0 amide bonds. The lowest BCUT2D eigenvalue weighted by Crippen LogP contribution is -2.23. The van der Waals surface area contributed by atoms with Gasteiger partial charge in [-0.15, -0.1) is 11.3 Å². The smallest absolute Gasteiger partial charge is 0.335 e. The van der Waals surface area contributed by atoms with Crippen molar-refractivity contribution in [1.29, 1.82) is 0 Å². The SMILES string of the molecule is Cc1nc(CNS(=O)(=O)c2ccc(C(=O)O)cc2)sc1C. The van der Waals surface area contributed by atoms with Gasteiger partial charge in [-0.1, -0.05) is 0 Å². The molecule has 2 rings (SSSR count). The normalized spacial score (nSPS) is 11.5. The van der Waals surface area contributed by atoms with Gasteiger partial charge in [-0.05, 0) is 38.1 Å². The van der Waals surface area contributed by atoms with Gasteiger partial charge in [0.1, 0.15) is 5.01 Å². The van der Waals surface area contributed by atoms with Crippen molar-refractivity contribution in [3.63, 3.8) is 0 Å². The topological polar surface area (TPSA) is 96.4 Å². The highest BCUT2D eigenvalue weighted by Gasteiger charge is 2.15. The fraction of sp³-hybridized carbons (Fsp3) is 0.231. The van der Waals surface area contributed by atoms with E-state index in [-0.39, 0.29) is 17.0 Å². The van der Waals surface area contributed by atoms with Crippen molar-refractivity contribution in [2.75, 3.05) is 0 Å². The van der Waals surface area contributed by atoms with E-state index in [0.717, 1.165) is 10.6 Å².